The Hall–Kier alpha value is -3.21. The van der Waals surface area contributed by atoms with Gasteiger partial charge < -0.3 is 20.5 Å². The molecule has 2 aromatic carbocycles. The molecule has 0 radical (unpaired) electrons. The molecule has 3 rings (SSSR count). The first-order valence-corrected chi connectivity index (χ1v) is 10.0. The number of nitrogens with zero attached hydrogens (tertiary/aromatic N) is 1. The third-order valence-corrected chi connectivity index (χ3v) is 5.28. The number of hydrogen-bond donors (Lipinski definition) is 3. The summed E-state index contributed by atoms with van der Waals surface area (Å²) in [5, 5.41) is 19.4. The molecule has 0 saturated heterocycles. The molecule has 4 N–H and O–H groups in total. The highest BCUT2D eigenvalue weighted by Crippen LogP contribution is 2.35. The van der Waals surface area contributed by atoms with Crippen LogP contribution in [0.2, 0.25) is 0 Å². The summed E-state index contributed by atoms with van der Waals surface area (Å²) < 4.78 is 2.20. The maximum Gasteiger partial charge on any atom is 0.251 e. The molecule has 0 spiro atoms. The summed E-state index contributed by atoms with van der Waals surface area (Å²) in [5.41, 5.74) is 11.0. The van der Waals surface area contributed by atoms with Gasteiger partial charge in [0.2, 0.25) is 0 Å². The summed E-state index contributed by atoms with van der Waals surface area (Å²) in [6, 6.07) is 14.2. The molecule has 0 bridgehead atoms. The summed E-state index contributed by atoms with van der Waals surface area (Å²) in [6.07, 6.45) is 3.52. The van der Waals surface area contributed by atoms with Gasteiger partial charge in [0, 0.05) is 23.5 Å². The Bertz CT molecular complexity index is 1000. The number of amides is 1. The number of benzene rings is 2. The van der Waals surface area contributed by atoms with E-state index in [9.17, 15) is 15.0 Å². The molecule has 5 nitrogen and oxygen atoms in total. The molecule has 1 heterocycles. The molecule has 152 valence electrons. The van der Waals surface area contributed by atoms with E-state index >= 15 is 0 Å². The van der Waals surface area contributed by atoms with Gasteiger partial charge in [0.15, 0.2) is 0 Å². The molecule has 0 atom stereocenters. The first kappa shape index (κ1) is 20.5. The van der Waals surface area contributed by atoms with Crippen LogP contribution in [0.4, 0.5) is 0 Å². The third kappa shape index (κ3) is 4.45. The first-order chi connectivity index (χ1) is 13.9. The summed E-state index contributed by atoms with van der Waals surface area (Å²) in [5.74, 6) is -0.0179. The number of nitrogens with two attached hydrogens (primary N) is 1. The standard InChI is InChI=1S/C24H28N2O3/c1-3-6-21-23(18-8-4-9-20(28)15-18)22(24(25)29)16(2)26(21)14-5-7-17-10-12-19(27)13-11-17/h4,8-13,15,27-28H,3,5-7,14H2,1-2H3,(H2,25,29). The summed E-state index contributed by atoms with van der Waals surface area (Å²) in [7, 11) is 0. The van der Waals surface area contributed by atoms with Crippen molar-refractivity contribution in [2.75, 3.05) is 0 Å². The van der Waals surface area contributed by atoms with E-state index < -0.39 is 5.91 Å². The molecular weight excluding hydrogens is 364 g/mol. The fraction of sp³-hybridized carbons (Fsp3) is 0.292. The molecule has 0 saturated carbocycles. The van der Waals surface area contributed by atoms with Crippen LogP contribution in [0, 0.1) is 6.92 Å². The van der Waals surface area contributed by atoms with Gasteiger partial charge in [-0.15, -0.1) is 0 Å². The van der Waals surface area contributed by atoms with Crippen LogP contribution >= 0.6 is 0 Å². The van der Waals surface area contributed by atoms with E-state index in [0.717, 1.165) is 60.3 Å². The lowest BCUT2D eigenvalue weighted by Gasteiger charge is -2.13. The number of aromatic hydroxyl groups is 2. The average Bonchev–Trinajstić information content (AvgIpc) is 2.96. The normalized spacial score (nSPS) is 11.0. The highest BCUT2D eigenvalue weighted by atomic mass is 16.3. The Balaban J connectivity index is 1.98. The van der Waals surface area contributed by atoms with Crippen LogP contribution in [0.1, 0.15) is 47.1 Å². The van der Waals surface area contributed by atoms with Crippen LogP contribution < -0.4 is 5.73 Å². The van der Waals surface area contributed by atoms with Gasteiger partial charge in [0.05, 0.1) is 5.56 Å². The molecule has 5 heteroatoms. The number of primary amides is 1. The maximum atomic E-state index is 12.3. The van der Waals surface area contributed by atoms with Crippen molar-refractivity contribution < 1.29 is 15.0 Å². The van der Waals surface area contributed by atoms with Crippen molar-refractivity contribution in [1.29, 1.82) is 0 Å². The molecule has 1 aromatic heterocycles. The minimum atomic E-state index is -0.449. The minimum Gasteiger partial charge on any atom is -0.508 e. The minimum absolute atomic E-state index is 0.165. The van der Waals surface area contributed by atoms with E-state index in [-0.39, 0.29) is 11.5 Å². The number of hydrogen-bond acceptors (Lipinski definition) is 3. The topological polar surface area (TPSA) is 88.5 Å². The Morgan fingerprint density at radius 1 is 1.03 bits per heavy atom. The molecule has 0 aliphatic carbocycles. The Morgan fingerprint density at radius 2 is 1.76 bits per heavy atom. The lowest BCUT2D eigenvalue weighted by atomic mass is 9.98. The van der Waals surface area contributed by atoms with E-state index in [1.807, 2.05) is 25.1 Å². The number of phenols is 2. The van der Waals surface area contributed by atoms with Crippen molar-refractivity contribution in [3.05, 3.63) is 71.0 Å². The zero-order valence-electron chi connectivity index (χ0n) is 17.0. The third-order valence-electron chi connectivity index (χ3n) is 5.28. The van der Waals surface area contributed by atoms with E-state index in [2.05, 4.69) is 11.5 Å². The van der Waals surface area contributed by atoms with Gasteiger partial charge in [0.1, 0.15) is 11.5 Å². The van der Waals surface area contributed by atoms with Gasteiger partial charge in [-0.05, 0) is 61.6 Å². The number of aromatic nitrogens is 1. The Kier molecular flexibility index (Phi) is 6.27. The highest BCUT2D eigenvalue weighted by molar-refractivity contribution is 6.02. The van der Waals surface area contributed by atoms with Gasteiger partial charge in [0.25, 0.3) is 5.91 Å². The van der Waals surface area contributed by atoms with Gasteiger partial charge >= 0.3 is 0 Å². The Labute approximate surface area is 171 Å². The van der Waals surface area contributed by atoms with Crippen molar-refractivity contribution in [1.82, 2.24) is 4.57 Å². The molecule has 3 aromatic rings. The van der Waals surface area contributed by atoms with Crippen LogP contribution in [-0.4, -0.2) is 20.7 Å². The zero-order chi connectivity index (χ0) is 21.0. The SMILES string of the molecule is CCCc1c(-c2cccc(O)c2)c(C(N)=O)c(C)n1CCCc1ccc(O)cc1. The van der Waals surface area contributed by atoms with E-state index in [0.29, 0.717) is 5.56 Å². The van der Waals surface area contributed by atoms with E-state index in [1.165, 1.54) is 0 Å². The van der Waals surface area contributed by atoms with Crippen molar-refractivity contribution in [3.8, 4) is 22.6 Å². The monoisotopic (exact) mass is 392 g/mol. The van der Waals surface area contributed by atoms with Crippen molar-refractivity contribution in [2.45, 2.75) is 46.1 Å². The van der Waals surface area contributed by atoms with Crippen molar-refractivity contribution in [2.24, 2.45) is 5.73 Å². The van der Waals surface area contributed by atoms with Crippen LogP contribution in [0.25, 0.3) is 11.1 Å². The molecule has 0 aliphatic rings. The summed E-state index contributed by atoms with van der Waals surface area (Å²) in [4.78, 5) is 12.3. The number of aryl methyl sites for hydroxylation is 1. The van der Waals surface area contributed by atoms with E-state index in [4.69, 9.17) is 5.73 Å². The number of rotatable bonds is 8. The van der Waals surface area contributed by atoms with Gasteiger partial charge in [-0.1, -0.05) is 37.6 Å². The second kappa shape index (κ2) is 8.86. The fourth-order valence-corrected chi connectivity index (χ4v) is 3.97. The molecular formula is C24H28N2O3. The fourth-order valence-electron chi connectivity index (χ4n) is 3.97. The second-order valence-corrected chi connectivity index (χ2v) is 7.37. The molecule has 1 amide bonds. The molecule has 0 aliphatic heterocycles. The smallest absolute Gasteiger partial charge is 0.251 e. The quantitative estimate of drug-likeness (QED) is 0.525. The lowest BCUT2D eigenvalue weighted by Crippen LogP contribution is -2.13. The van der Waals surface area contributed by atoms with Gasteiger partial charge in [-0.2, -0.15) is 0 Å². The Morgan fingerprint density at radius 3 is 2.38 bits per heavy atom. The van der Waals surface area contributed by atoms with Gasteiger partial charge in [-0.25, -0.2) is 0 Å². The highest BCUT2D eigenvalue weighted by Gasteiger charge is 2.24. The molecule has 0 unspecified atom stereocenters. The lowest BCUT2D eigenvalue weighted by molar-refractivity contribution is 0.1000. The first-order valence-electron chi connectivity index (χ1n) is 10.0. The van der Waals surface area contributed by atoms with Crippen LogP contribution in [0.15, 0.2) is 48.5 Å². The number of carbonyl (C=O) groups excluding carboxylic acids is 1. The largest absolute Gasteiger partial charge is 0.508 e. The average molecular weight is 392 g/mol. The number of phenolic OH excluding ortho intramolecular Hbond substituents is 2. The molecule has 29 heavy (non-hydrogen) atoms. The van der Waals surface area contributed by atoms with Crippen LogP contribution in [0.5, 0.6) is 11.5 Å². The van der Waals surface area contributed by atoms with Crippen LogP contribution in [-0.2, 0) is 19.4 Å². The van der Waals surface area contributed by atoms with Gasteiger partial charge in [-0.3, -0.25) is 4.79 Å². The summed E-state index contributed by atoms with van der Waals surface area (Å²) >= 11 is 0. The summed E-state index contributed by atoms with van der Waals surface area (Å²) in [6.45, 7) is 4.81. The number of carbonyl (C=O) groups is 1. The second-order valence-electron chi connectivity index (χ2n) is 7.37. The predicted octanol–water partition coefficient (Wildman–Crippen LogP) is 4.56. The van der Waals surface area contributed by atoms with E-state index in [1.54, 1.807) is 30.3 Å². The zero-order valence-corrected chi connectivity index (χ0v) is 17.0. The van der Waals surface area contributed by atoms with Crippen molar-refractivity contribution in [3.63, 3.8) is 0 Å². The van der Waals surface area contributed by atoms with Crippen molar-refractivity contribution >= 4 is 5.91 Å². The predicted molar refractivity (Wildman–Crippen MR) is 115 cm³/mol. The maximum absolute atomic E-state index is 12.3. The molecule has 0 fully saturated rings. The van der Waals surface area contributed by atoms with Crippen LogP contribution in [0.3, 0.4) is 0 Å².